The zero-order valence-electron chi connectivity index (χ0n) is 10.8. The van der Waals surface area contributed by atoms with Crippen LogP contribution < -0.4 is 0 Å². The van der Waals surface area contributed by atoms with Gasteiger partial charge in [0.25, 0.3) is 0 Å². The molecule has 1 amide bonds. The number of hydrogen-bond donors (Lipinski definition) is 1. The van der Waals surface area contributed by atoms with Crippen molar-refractivity contribution in [2.45, 2.75) is 45.8 Å². The molecule has 0 bridgehead atoms. The zero-order valence-corrected chi connectivity index (χ0v) is 10.8. The van der Waals surface area contributed by atoms with Gasteiger partial charge in [-0.25, -0.2) is 4.79 Å². The second-order valence-corrected chi connectivity index (χ2v) is 5.40. The molecule has 0 aromatic carbocycles. The molecule has 1 atom stereocenters. The zero-order chi connectivity index (χ0) is 12.6. The Labute approximate surface area is 101 Å². The second kappa shape index (κ2) is 4.05. The Morgan fingerprint density at radius 3 is 2.94 bits per heavy atom. The molecule has 0 saturated carbocycles. The van der Waals surface area contributed by atoms with E-state index in [2.05, 4.69) is 10.2 Å². The van der Waals surface area contributed by atoms with Gasteiger partial charge in [-0.05, 0) is 39.7 Å². The molecular formula is C12H19N3O2. The van der Waals surface area contributed by atoms with E-state index in [1.54, 1.807) is 4.90 Å². The van der Waals surface area contributed by atoms with E-state index < -0.39 is 5.60 Å². The van der Waals surface area contributed by atoms with Gasteiger partial charge in [0, 0.05) is 12.7 Å². The van der Waals surface area contributed by atoms with Crippen LogP contribution in [0.3, 0.4) is 0 Å². The van der Waals surface area contributed by atoms with Gasteiger partial charge < -0.3 is 4.74 Å². The van der Waals surface area contributed by atoms with Crippen LogP contribution in [0.5, 0.6) is 0 Å². The minimum Gasteiger partial charge on any atom is -0.444 e. The lowest BCUT2D eigenvalue weighted by atomic mass is 10.0. The van der Waals surface area contributed by atoms with Gasteiger partial charge in [-0.1, -0.05) is 0 Å². The van der Waals surface area contributed by atoms with E-state index in [9.17, 15) is 4.79 Å². The van der Waals surface area contributed by atoms with E-state index in [4.69, 9.17) is 4.74 Å². The largest absolute Gasteiger partial charge is 0.444 e. The van der Waals surface area contributed by atoms with Crippen molar-refractivity contribution in [2.24, 2.45) is 0 Å². The fourth-order valence-corrected chi connectivity index (χ4v) is 2.04. The predicted octanol–water partition coefficient (Wildman–Crippen LogP) is 2.26. The van der Waals surface area contributed by atoms with E-state index in [1.165, 1.54) is 5.56 Å². The molecule has 0 aliphatic carbocycles. The van der Waals surface area contributed by atoms with E-state index in [0.717, 1.165) is 12.1 Å². The lowest BCUT2D eigenvalue weighted by Crippen LogP contribution is -2.42. The predicted molar refractivity (Wildman–Crippen MR) is 63.6 cm³/mol. The smallest absolute Gasteiger partial charge is 0.410 e. The molecule has 0 radical (unpaired) electrons. The van der Waals surface area contributed by atoms with Gasteiger partial charge in [0.15, 0.2) is 0 Å². The third kappa shape index (κ3) is 2.43. The van der Waals surface area contributed by atoms with Crippen LogP contribution in [-0.4, -0.2) is 33.3 Å². The maximum absolute atomic E-state index is 12.0. The summed E-state index contributed by atoms with van der Waals surface area (Å²) in [5, 5.41) is 7.04. The van der Waals surface area contributed by atoms with E-state index in [0.29, 0.717) is 6.54 Å². The average Bonchev–Trinajstić information content (AvgIpc) is 2.63. The molecule has 1 aromatic rings. The van der Waals surface area contributed by atoms with Crippen LogP contribution in [0.25, 0.3) is 0 Å². The van der Waals surface area contributed by atoms with Crippen LogP contribution in [0.4, 0.5) is 4.79 Å². The fraction of sp³-hybridized carbons (Fsp3) is 0.667. The number of aromatic nitrogens is 2. The van der Waals surface area contributed by atoms with Gasteiger partial charge >= 0.3 is 6.09 Å². The van der Waals surface area contributed by atoms with Crippen molar-refractivity contribution >= 4 is 6.09 Å². The molecule has 0 saturated heterocycles. The molecule has 0 fully saturated rings. The summed E-state index contributed by atoms with van der Waals surface area (Å²) in [6.45, 7) is 8.28. The number of nitrogens with one attached hydrogen (secondary N) is 1. The van der Waals surface area contributed by atoms with Crippen molar-refractivity contribution in [2.75, 3.05) is 6.54 Å². The summed E-state index contributed by atoms with van der Waals surface area (Å²) in [4.78, 5) is 13.8. The molecule has 2 rings (SSSR count). The second-order valence-electron chi connectivity index (χ2n) is 5.40. The van der Waals surface area contributed by atoms with E-state index in [1.807, 2.05) is 33.9 Å². The summed E-state index contributed by atoms with van der Waals surface area (Å²) < 4.78 is 5.39. The fourth-order valence-electron chi connectivity index (χ4n) is 2.04. The van der Waals surface area contributed by atoms with Gasteiger partial charge in [-0.15, -0.1) is 0 Å². The molecule has 1 N–H and O–H groups in total. The summed E-state index contributed by atoms with van der Waals surface area (Å²) in [7, 11) is 0. The molecular weight excluding hydrogens is 218 g/mol. The van der Waals surface area contributed by atoms with Gasteiger partial charge in [-0.3, -0.25) is 10.00 Å². The summed E-state index contributed by atoms with van der Waals surface area (Å²) in [6.07, 6.45) is 2.46. The Kier molecular flexibility index (Phi) is 2.85. The number of nitrogens with zero attached hydrogens (tertiary/aromatic N) is 2. The first kappa shape index (κ1) is 12.0. The van der Waals surface area contributed by atoms with Crippen molar-refractivity contribution in [3.63, 3.8) is 0 Å². The van der Waals surface area contributed by atoms with E-state index >= 15 is 0 Å². The van der Waals surface area contributed by atoms with Gasteiger partial charge in [0.05, 0.1) is 11.7 Å². The Morgan fingerprint density at radius 1 is 1.59 bits per heavy atom. The third-order valence-electron chi connectivity index (χ3n) is 2.87. The molecule has 1 unspecified atom stereocenters. The van der Waals surface area contributed by atoms with Crippen LogP contribution in [0.1, 0.15) is 45.0 Å². The highest BCUT2D eigenvalue weighted by molar-refractivity contribution is 5.69. The summed E-state index contributed by atoms with van der Waals surface area (Å²) in [5.41, 5.74) is 1.68. The van der Waals surface area contributed by atoms with E-state index in [-0.39, 0.29) is 12.1 Å². The van der Waals surface area contributed by atoms with Crippen LogP contribution in [-0.2, 0) is 11.2 Å². The molecule has 5 nitrogen and oxygen atoms in total. The summed E-state index contributed by atoms with van der Waals surface area (Å²) in [5.74, 6) is 0. The molecule has 1 aromatic heterocycles. The Balaban J connectivity index is 2.12. The number of carbonyl (C=O) groups excluding carboxylic acids is 1. The minimum atomic E-state index is -0.456. The van der Waals surface area contributed by atoms with Crippen molar-refractivity contribution in [3.05, 3.63) is 17.5 Å². The first-order chi connectivity index (χ1) is 7.88. The first-order valence-corrected chi connectivity index (χ1v) is 5.90. The topological polar surface area (TPSA) is 58.2 Å². The SMILES string of the molecule is CC1c2n[nH]cc2CCN1C(=O)OC(C)(C)C. The van der Waals surface area contributed by atoms with Crippen molar-refractivity contribution in [1.82, 2.24) is 15.1 Å². The lowest BCUT2D eigenvalue weighted by molar-refractivity contribution is 0.0156. The number of ether oxygens (including phenoxy) is 1. The van der Waals surface area contributed by atoms with Gasteiger partial charge in [-0.2, -0.15) is 5.10 Å². The number of hydrogen-bond acceptors (Lipinski definition) is 3. The average molecular weight is 237 g/mol. The highest BCUT2D eigenvalue weighted by Crippen LogP contribution is 2.28. The maximum atomic E-state index is 12.0. The standard InChI is InChI=1S/C12H19N3O2/c1-8-10-9(7-13-14-10)5-6-15(8)11(16)17-12(2,3)4/h7-8H,5-6H2,1-4H3,(H,13,14). The highest BCUT2D eigenvalue weighted by Gasteiger charge is 2.32. The van der Waals surface area contributed by atoms with Crippen molar-refractivity contribution < 1.29 is 9.53 Å². The van der Waals surface area contributed by atoms with Gasteiger partial charge in [0.1, 0.15) is 5.60 Å². The number of rotatable bonds is 0. The number of amides is 1. The Hall–Kier alpha value is -1.52. The minimum absolute atomic E-state index is 0.0279. The van der Waals surface area contributed by atoms with Crippen LogP contribution in [0, 0.1) is 0 Å². The molecule has 2 heterocycles. The van der Waals surface area contributed by atoms with Crippen LogP contribution >= 0.6 is 0 Å². The maximum Gasteiger partial charge on any atom is 0.410 e. The van der Waals surface area contributed by atoms with Crippen molar-refractivity contribution in [1.29, 1.82) is 0 Å². The molecule has 1 aliphatic heterocycles. The van der Waals surface area contributed by atoms with Crippen LogP contribution in [0.15, 0.2) is 6.20 Å². The number of aromatic amines is 1. The molecule has 0 spiro atoms. The highest BCUT2D eigenvalue weighted by atomic mass is 16.6. The van der Waals surface area contributed by atoms with Crippen molar-refractivity contribution in [3.8, 4) is 0 Å². The third-order valence-corrected chi connectivity index (χ3v) is 2.87. The molecule has 5 heteroatoms. The Bertz CT molecular complexity index is 420. The van der Waals surface area contributed by atoms with Crippen LogP contribution in [0.2, 0.25) is 0 Å². The first-order valence-electron chi connectivity index (χ1n) is 5.90. The Morgan fingerprint density at radius 2 is 2.29 bits per heavy atom. The number of H-pyrrole nitrogens is 1. The molecule has 1 aliphatic rings. The summed E-state index contributed by atoms with van der Waals surface area (Å²) in [6, 6.07) is -0.0279. The quantitative estimate of drug-likeness (QED) is 0.753. The molecule has 17 heavy (non-hydrogen) atoms. The lowest BCUT2D eigenvalue weighted by Gasteiger charge is -2.34. The summed E-state index contributed by atoms with van der Waals surface area (Å²) >= 11 is 0. The molecule has 94 valence electrons. The number of carbonyl (C=O) groups is 1. The normalized spacial score (nSPS) is 20.0. The monoisotopic (exact) mass is 237 g/mol. The number of fused-ring (bicyclic) bond motifs is 1. The van der Waals surface area contributed by atoms with Gasteiger partial charge in [0.2, 0.25) is 0 Å².